The van der Waals surface area contributed by atoms with Crippen LogP contribution in [0.5, 0.6) is 5.75 Å². The van der Waals surface area contributed by atoms with Crippen molar-refractivity contribution in [1.29, 1.82) is 0 Å². The van der Waals surface area contributed by atoms with Crippen molar-refractivity contribution < 1.29 is 13.9 Å². The number of carbonyl (C=O) groups excluding carboxylic acids is 1. The van der Waals surface area contributed by atoms with E-state index in [1.165, 1.54) is 35.6 Å². The van der Waals surface area contributed by atoms with Crippen molar-refractivity contribution in [1.82, 2.24) is 9.88 Å². The number of carbonyl (C=O) groups is 1. The quantitative estimate of drug-likeness (QED) is 0.504. The molecule has 1 heterocycles. The van der Waals surface area contributed by atoms with Crippen molar-refractivity contribution in [2.45, 2.75) is 33.0 Å². The summed E-state index contributed by atoms with van der Waals surface area (Å²) >= 11 is 7.43. The van der Waals surface area contributed by atoms with Crippen molar-refractivity contribution in [3.05, 3.63) is 81.0 Å². The van der Waals surface area contributed by atoms with Gasteiger partial charge in [0.2, 0.25) is 0 Å². The molecule has 0 spiro atoms. The zero-order valence-corrected chi connectivity index (χ0v) is 17.1. The SMILES string of the molecule is CC(C)N(Cc1csc(COc2cccc(Cl)c2)n1)C(=O)c1ccc(F)cc1. The fraction of sp³-hybridized carbons (Fsp3) is 0.238. The van der Waals surface area contributed by atoms with E-state index in [0.717, 1.165) is 10.7 Å². The zero-order valence-electron chi connectivity index (χ0n) is 15.6. The molecule has 1 aromatic heterocycles. The molecule has 146 valence electrons. The minimum atomic E-state index is -0.364. The average molecular weight is 419 g/mol. The van der Waals surface area contributed by atoms with Crippen LogP contribution in [0.1, 0.15) is 34.9 Å². The molecule has 0 atom stereocenters. The smallest absolute Gasteiger partial charge is 0.254 e. The Hall–Kier alpha value is -2.44. The molecule has 0 saturated heterocycles. The van der Waals surface area contributed by atoms with Gasteiger partial charge in [-0.1, -0.05) is 17.7 Å². The van der Waals surface area contributed by atoms with Crippen molar-refractivity contribution in [3.63, 3.8) is 0 Å². The molecule has 0 radical (unpaired) electrons. The lowest BCUT2D eigenvalue weighted by atomic mass is 10.1. The van der Waals surface area contributed by atoms with Crippen molar-refractivity contribution >= 4 is 28.8 Å². The third-order valence-corrected chi connectivity index (χ3v) is 5.17. The van der Waals surface area contributed by atoms with Crippen LogP contribution in [-0.4, -0.2) is 21.8 Å². The topological polar surface area (TPSA) is 42.4 Å². The lowest BCUT2D eigenvalue weighted by molar-refractivity contribution is 0.0688. The van der Waals surface area contributed by atoms with Gasteiger partial charge in [-0.05, 0) is 56.3 Å². The maximum atomic E-state index is 13.1. The number of amides is 1. The van der Waals surface area contributed by atoms with E-state index in [1.807, 2.05) is 31.4 Å². The Labute approximate surface area is 172 Å². The second-order valence-corrected chi connectivity index (χ2v) is 7.89. The van der Waals surface area contributed by atoms with Gasteiger partial charge in [0.25, 0.3) is 5.91 Å². The van der Waals surface area contributed by atoms with Crippen LogP contribution in [-0.2, 0) is 13.2 Å². The van der Waals surface area contributed by atoms with Gasteiger partial charge in [0.05, 0.1) is 12.2 Å². The van der Waals surface area contributed by atoms with Crippen LogP contribution < -0.4 is 4.74 Å². The minimum absolute atomic E-state index is 0.0228. The third kappa shape index (κ3) is 5.30. The fourth-order valence-corrected chi connectivity index (χ4v) is 3.49. The second kappa shape index (κ2) is 9.17. The van der Waals surface area contributed by atoms with E-state index in [0.29, 0.717) is 29.5 Å². The maximum absolute atomic E-state index is 13.1. The molecule has 28 heavy (non-hydrogen) atoms. The van der Waals surface area contributed by atoms with Crippen LogP contribution in [0.3, 0.4) is 0 Å². The standard InChI is InChI=1S/C21H20ClFN2O2S/c1-14(2)25(21(26)15-6-8-17(23)9-7-15)11-18-13-28-20(24-18)12-27-19-5-3-4-16(22)10-19/h3-10,13-14H,11-12H2,1-2H3. The molecular weight excluding hydrogens is 399 g/mol. The van der Waals surface area contributed by atoms with Crippen LogP contribution in [0.4, 0.5) is 4.39 Å². The Kier molecular flexibility index (Phi) is 6.65. The van der Waals surface area contributed by atoms with E-state index in [1.54, 1.807) is 17.0 Å². The Morgan fingerprint density at radius 1 is 1.25 bits per heavy atom. The number of ether oxygens (including phenoxy) is 1. The first kappa shape index (κ1) is 20.3. The van der Waals surface area contributed by atoms with Crippen LogP contribution >= 0.6 is 22.9 Å². The summed E-state index contributed by atoms with van der Waals surface area (Å²) in [4.78, 5) is 19.1. The van der Waals surface area contributed by atoms with Gasteiger partial charge in [-0.25, -0.2) is 9.37 Å². The van der Waals surface area contributed by atoms with Crippen molar-refractivity contribution in [2.24, 2.45) is 0 Å². The molecule has 2 aromatic carbocycles. The monoisotopic (exact) mass is 418 g/mol. The number of aromatic nitrogens is 1. The first-order valence-corrected chi connectivity index (χ1v) is 10.1. The molecule has 1 amide bonds. The molecule has 7 heteroatoms. The van der Waals surface area contributed by atoms with E-state index >= 15 is 0 Å². The lowest BCUT2D eigenvalue weighted by Crippen LogP contribution is -2.36. The molecule has 0 unspecified atom stereocenters. The molecule has 0 aliphatic rings. The molecule has 3 aromatic rings. The summed E-state index contributed by atoms with van der Waals surface area (Å²) in [6.45, 7) is 4.59. The van der Waals surface area contributed by atoms with Gasteiger partial charge in [-0.15, -0.1) is 11.3 Å². The highest BCUT2D eigenvalue weighted by Crippen LogP contribution is 2.20. The van der Waals surface area contributed by atoms with Gasteiger partial charge < -0.3 is 9.64 Å². The van der Waals surface area contributed by atoms with E-state index in [9.17, 15) is 9.18 Å². The van der Waals surface area contributed by atoms with Crippen molar-refractivity contribution in [3.8, 4) is 5.75 Å². The highest BCUT2D eigenvalue weighted by atomic mass is 35.5. The van der Waals surface area contributed by atoms with Crippen molar-refractivity contribution in [2.75, 3.05) is 0 Å². The summed E-state index contributed by atoms with van der Waals surface area (Å²) in [6.07, 6.45) is 0. The van der Waals surface area contributed by atoms with E-state index < -0.39 is 0 Å². The molecular formula is C21H20ClFN2O2S. The predicted octanol–water partition coefficient (Wildman–Crippen LogP) is 5.57. The lowest BCUT2D eigenvalue weighted by Gasteiger charge is -2.26. The molecule has 0 N–H and O–H groups in total. The molecule has 0 saturated carbocycles. The number of thiazole rings is 1. The molecule has 3 rings (SSSR count). The second-order valence-electron chi connectivity index (χ2n) is 6.51. The number of hydrogen-bond acceptors (Lipinski definition) is 4. The Balaban J connectivity index is 1.65. The predicted molar refractivity (Wildman–Crippen MR) is 109 cm³/mol. The summed E-state index contributed by atoms with van der Waals surface area (Å²) < 4.78 is 18.8. The highest BCUT2D eigenvalue weighted by molar-refractivity contribution is 7.09. The van der Waals surface area contributed by atoms with Gasteiger partial charge in [0.15, 0.2) is 0 Å². The third-order valence-electron chi connectivity index (χ3n) is 4.07. The maximum Gasteiger partial charge on any atom is 0.254 e. The first-order valence-electron chi connectivity index (χ1n) is 8.80. The number of benzene rings is 2. The normalized spacial score (nSPS) is 10.9. The largest absolute Gasteiger partial charge is 0.486 e. The minimum Gasteiger partial charge on any atom is -0.486 e. The Bertz CT molecular complexity index is 944. The van der Waals surface area contributed by atoms with E-state index in [2.05, 4.69) is 4.98 Å². The van der Waals surface area contributed by atoms with E-state index in [-0.39, 0.29) is 17.8 Å². The summed E-state index contributed by atoms with van der Waals surface area (Å²) in [7, 11) is 0. The van der Waals surface area contributed by atoms with Crippen LogP contribution in [0, 0.1) is 5.82 Å². The number of rotatable bonds is 7. The molecule has 0 aliphatic heterocycles. The summed E-state index contributed by atoms with van der Waals surface area (Å²) in [5.74, 6) is 0.163. The Morgan fingerprint density at radius 3 is 2.68 bits per heavy atom. The first-order chi connectivity index (χ1) is 13.4. The van der Waals surface area contributed by atoms with Gasteiger partial charge in [0, 0.05) is 22.0 Å². The van der Waals surface area contributed by atoms with Crippen LogP contribution in [0.2, 0.25) is 5.02 Å². The number of hydrogen-bond donors (Lipinski definition) is 0. The molecule has 0 bridgehead atoms. The van der Waals surface area contributed by atoms with Crippen LogP contribution in [0.25, 0.3) is 0 Å². The fourth-order valence-electron chi connectivity index (χ4n) is 2.61. The van der Waals surface area contributed by atoms with Gasteiger partial charge >= 0.3 is 0 Å². The molecule has 0 aliphatic carbocycles. The highest BCUT2D eigenvalue weighted by Gasteiger charge is 2.20. The van der Waals surface area contributed by atoms with Crippen LogP contribution in [0.15, 0.2) is 53.9 Å². The summed E-state index contributed by atoms with van der Waals surface area (Å²) in [5, 5.41) is 3.35. The number of nitrogens with zero attached hydrogens (tertiary/aromatic N) is 2. The average Bonchev–Trinajstić information content (AvgIpc) is 3.12. The van der Waals surface area contributed by atoms with Gasteiger partial charge in [0.1, 0.15) is 23.2 Å². The zero-order chi connectivity index (χ0) is 20.1. The summed E-state index contributed by atoms with van der Waals surface area (Å²) in [6, 6.07) is 12.8. The van der Waals surface area contributed by atoms with E-state index in [4.69, 9.17) is 16.3 Å². The van der Waals surface area contributed by atoms with Gasteiger partial charge in [-0.2, -0.15) is 0 Å². The number of halogens is 2. The summed E-state index contributed by atoms with van der Waals surface area (Å²) in [5.41, 5.74) is 1.24. The molecule has 4 nitrogen and oxygen atoms in total. The molecule has 0 fully saturated rings. The Morgan fingerprint density at radius 2 is 2.00 bits per heavy atom. The van der Waals surface area contributed by atoms with Gasteiger partial charge in [-0.3, -0.25) is 4.79 Å².